The van der Waals surface area contributed by atoms with Crippen molar-refractivity contribution in [2.24, 2.45) is 0 Å². The normalized spacial score (nSPS) is 18.4. The van der Waals surface area contributed by atoms with Crippen LogP contribution in [0.15, 0.2) is 54.7 Å². The quantitative estimate of drug-likeness (QED) is 0.635. The number of hydrogen-bond acceptors (Lipinski definition) is 4. The average Bonchev–Trinajstić information content (AvgIpc) is 3.20. The highest BCUT2D eigenvalue weighted by atomic mass is 16.2. The fourth-order valence-electron chi connectivity index (χ4n) is 3.68. The molecular formula is C22H23N3O2. The van der Waals surface area contributed by atoms with Gasteiger partial charge >= 0.3 is 0 Å². The van der Waals surface area contributed by atoms with Crippen molar-refractivity contribution in [2.45, 2.75) is 19.3 Å². The molecule has 0 radical (unpaired) electrons. The Morgan fingerprint density at radius 1 is 0.963 bits per heavy atom. The van der Waals surface area contributed by atoms with Gasteiger partial charge in [0.1, 0.15) is 0 Å². The number of nitrogens with one attached hydrogen (secondary N) is 2. The van der Waals surface area contributed by atoms with Crippen LogP contribution in [-0.4, -0.2) is 36.3 Å². The molecule has 2 heterocycles. The van der Waals surface area contributed by atoms with Crippen LogP contribution in [0.4, 0.5) is 5.69 Å². The summed E-state index contributed by atoms with van der Waals surface area (Å²) in [6.45, 7) is 3.50. The lowest BCUT2D eigenvalue weighted by molar-refractivity contribution is -0.114. The van der Waals surface area contributed by atoms with Gasteiger partial charge in [0.15, 0.2) is 0 Å². The van der Waals surface area contributed by atoms with Crippen LogP contribution in [0.5, 0.6) is 0 Å². The minimum atomic E-state index is -0.378. The number of rotatable bonds is 5. The monoisotopic (exact) mass is 361 g/mol. The first-order chi connectivity index (χ1) is 13.2. The lowest BCUT2D eigenvalue weighted by Crippen LogP contribution is -2.36. The van der Waals surface area contributed by atoms with E-state index in [1.165, 1.54) is 31.5 Å². The van der Waals surface area contributed by atoms with Gasteiger partial charge in [0.2, 0.25) is 0 Å². The number of likely N-dealkylation sites (tertiary alicyclic amines) is 1. The molecule has 2 amide bonds. The number of nitrogens with zero attached hydrogens (tertiary/aromatic N) is 1. The van der Waals surface area contributed by atoms with Gasteiger partial charge in [-0.25, -0.2) is 0 Å². The lowest BCUT2D eigenvalue weighted by atomic mass is 9.95. The zero-order chi connectivity index (χ0) is 18.6. The highest BCUT2D eigenvalue weighted by Crippen LogP contribution is 2.24. The summed E-state index contributed by atoms with van der Waals surface area (Å²) in [5.74, 6) is -0.729. The van der Waals surface area contributed by atoms with E-state index in [2.05, 4.69) is 27.7 Å². The van der Waals surface area contributed by atoms with Crippen LogP contribution in [0.3, 0.4) is 0 Å². The van der Waals surface area contributed by atoms with Gasteiger partial charge in [-0.2, -0.15) is 0 Å². The molecule has 2 N–H and O–H groups in total. The Bertz CT molecular complexity index is 898. The van der Waals surface area contributed by atoms with Crippen LogP contribution in [0.2, 0.25) is 0 Å². The Balaban J connectivity index is 1.49. The molecule has 138 valence electrons. The van der Waals surface area contributed by atoms with Gasteiger partial charge in [0.05, 0.1) is 5.57 Å². The van der Waals surface area contributed by atoms with Gasteiger partial charge in [-0.3, -0.25) is 14.9 Å². The molecule has 2 aromatic carbocycles. The molecule has 0 aliphatic carbocycles. The second-order valence-electron chi connectivity index (χ2n) is 7.03. The molecule has 27 heavy (non-hydrogen) atoms. The molecule has 1 fully saturated rings. The minimum Gasteiger partial charge on any atom is -0.361 e. The molecule has 2 aromatic rings. The van der Waals surface area contributed by atoms with Crippen LogP contribution in [0, 0.1) is 0 Å². The SMILES string of the molecule is O=C1NC(=O)c2ccccc2C1=CNc1cccc(CCN2CCCC2)c1. The van der Waals surface area contributed by atoms with Gasteiger partial charge in [0, 0.05) is 29.6 Å². The van der Waals surface area contributed by atoms with Crippen molar-refractivity contribution >= 4 is 23.1 Å². The molecular weight excluding hydrogens is 338 g/mol. The number of carbonyl (C=O) groups is 2. The lowest BCUT2D eigenvalue weighted by Gasteiger charge is -2.18. The van der Waals surface area contributed by atoms with E-state index in [1.54, 1.807) is 24.4 Å². The van der Waals surface area contributed by atoms with Crippen LogP contribution in [-0.2, 0) is 11.2 Å². The maximum Gasteiger partial charge on any atom is 0.260 e. The fraction of sp³-hybridized carbons (Fsp3) is 0.273. The summed E-state index contributed by atoms with van der Waals surface area (Å²) in [5.41, 5.74) is 3.85. The molecule has 2 aliphatic rings. The van der Waals surface area contributed by atoms with Crippen molar-refractivity contribution in [3.05, 3.63) is 71.4 Å². The number of hydrogen-bond donors (Lipinski definition) is 2. The van der Waals surface area contributed by atoms with E-state index in [1.807, 2.05) is 18.2 Å². The molecule has 5 heteroatoms. The minimum absolute atomic E-state index is 0.350. The molecule has 2 aliphatic heterocycles. The van der Waals surface area contributed by atoms with Crippen LogP contribution in [0.25, 0.3) is 5.57 Å². The van der Waals surface area contributed by atoms with Crippen molar-refractivity contribution in [1.82, 2.24) is 10.2 Å². The third-order valence-corrected chi connectivity index (χ3v) is 5.16. The van der Waals surface area contributed by atoms with Crippen molar-refractivity contribution in [3.63, 3.8) is 0 Å². The summed E-state index contributed by atoms with van der Waals surface area (Å²) in [4.78, 5) is 26.7. The second-order valence-corrected chi connectivity index (χ2v) is 7.03. The van der Waals surface area contributed by atoms with E-state index in [0.29, 0.717) is 16.7 Å². The van der Waals surface area contributed by atoms with E-state index in [-0.39, 0.29) is 11.8 Å². The molecule has 0 atom stereocenters. The Hall–Kier alpha value is -2.92. The standard InChI is InChI=1S/C22H23N3O2/c26-21-19-9-2-1-8-18(19)20(22(27)24-21)15-23-17-7-5-6-16(14-17)10-13-25-11-3-4-12-25/h1-2,5-9,14-15,23H,3-4,10-13H2,(H,24,26,27). The number of carbonyl (C=O) groups excluding carboxylic acids is 2. The van der Waals surface area contributed by atoms with E-state index in [0.717, 1.165) is 18.7 Å². The molecule has 0 saturated carbocycles. The van der Waals surface area contributed by atoms with Crippen molar-refractivity contribution in [1.29, 1.82) is 0 Å². The van der Waals surface area contributed by atoms with Crippen LogP contribution < -0.4 is 10.6 Å². The van der Waals surface area contributed by atoms with Crippen LogP contribution >= 0.6 is 0 Å². The summed E-state index contributed by atoms with van der Waals surface area (Å²) >= 11 is 0. The molecule has 4 rings (SSSR count). The number of anilines is 1. The van der Waals surface area contributed by atoms with Gasteiger partial charge in [0.25, 0.3) is 11.8 Å². The van der Waals surface area contributed by atoms with Crippen LogP contribution in [0.1, 0.15) is 34.3 Å². The van der Waals surface area contributed by atoms with Crippen molar-refractivity contribution in [2.75, 3.05) is 25.0 Å². The average molecular weight is 361 g/mol. The number of amides is 2. The molecule has 5 nitrogen and oxygen atoms in total. The zero-order valence-corrected chi connectivity index (χ0v) is 15.2. The van der Waals surface area contributed by atoms with Crippen molar-refractivity contribution < 1.29 is 9.59 Å². The molecule has 0 unspecified atom stereocenters. The topological polar surface area (TPSA) is 61.4 Å². The Kier molecular flexibility index (Phi) is 5.03. The summed E-state index contributed by atoms with van der Waals surface area (Å²) in [6.07, 6.45) is 5.31. The summed E-state index contributed by atoms with van der Waals surface area (Å²) < 4.78 is 0. The third kappa shape index (κ3) is 3.93. The predicted molar refractivity (Wildman–Crippen MR) is 106 cm³/mol. The van der Waals surface area contributed by atoms with Gasteiger partial charge in [-0.1, -0.05) is 30.3 Å². The predicted octanol–water partition coefficient (Wildman–Crippen LogP) is 3.05. The summed E-state index contributed by atoms with van der Waals surface area (Å²) in [6, 6.07) is 15.4. The molecule has 1 saturated heterocycles. The highest BCUT2D eigenvalue weighted by molar-refractivity contribution is 6.31. The van der Waals surface area contributed by atoms with Crippen molar-refractivity contribution in [3.8, 4) is 0 Å². The molecule has 0 bridgehead atoms. The van der Waals surface area contributed by atoms with E-state index in [9.17, 15) is 9.59 Å². The summed E-state index contributed by atoms with van der Waals surface area (Å²) in [5, 5.41) is 5.61. The Morgan fingerprint density at radius 2 is 1.74 bits per heavy atom. The maximum absolute atomic E-state index is 12.3. The fourth-order valence-corrected chi connectivity index (χ4v) is 3.68. The van der Waals surface area contributed by atoms with Gasteiger partial charge in [-0.15, -0.1) is 0 Å². The maximum atomic E-state index is 12.3. The first-order valence-corrected chi connectivity index (χ1v) is 9.44. The smallest absolute Gasteiger partial charge is 0.260 e. The zero-order valence-electron chi connectivity index (χ0n) is 15.2. The number of imide groups is 1. The molecule has 0 aromatic heterocycles. The van der Waals surface area contributed by atoms with E-state index < -0.39 is 0 Å². The second kappa shape index (κ2) is 7.76. The van der Waals surface area contributed by atoms with Gasteiger partial charge < -0.3 is 10.2 Å². The van der Waals surface area contributed by atoms with Gasteiger partial charge in [-0.05, 0) is 56.1 Å². The Morgan fingerprint density at radius 3 is 2.56 bits per heavy atom. The third-order valence-electron chi connectivity index (χ3n) is 5.16. The van der Waals surface area contributed by atoms with E-state index >= 15 is 0 Å². The van der Waals surface area contributed by atoms with E-state index in [4.69, 9.17) is 0 Å². The number of benzene rings is 2. The Labute approximate surface area is 159 Å². The summed E-state index contributed by atoms with van der Waals surface area (Å²) in [7, 11) is 0. The molecule has 0 spiro atoms. The first kappa shape index (κ1) is 17.5. The first-order valence-electron chi connectivity index (χ1n) is 9.44. The number of fused-ring (bicyclic) bond motifs is 1. The largest absolute Gasteiger partial charge is 0.361 e. The highest BCUT2D eigenvalue weighted by Gasteiger charge is 2.26.